The van der Waals surface area contributed by atoms with E-state index in [2.05, 4.69) is 11.6 Å². The number of hydrogen-bond acceptors (Lipinski definition) is 4. The molecule has 2 aromatic carbocycles. The van der Waals surface area contributed by atoms with Crippen molar-refractivity contribution in [1.29, 1.82) is 0 Å². The van der Waals surface area contributed by atoms with Gasteiger partial charge in [-0.15, -0.1) is 0 Å². The molecule has 1 aliphatic carbocycles. The van der Waals surface area contributed by atoms with Crippen LogP contribution in [0.2, 0.25) is 0 Å². The van der Waals surface area contributed by atoms with Crippen LogP contribution in [0.25, 0.3) is 22.4 Å². The smallest absolute Gasteiger partial charge is 0.329 e. The molecule has 0 atom stereocenters. The lowest BCUT2D eigenvalue weighted by Crippen LogP contribution is -2.23. The molecule has 0 saturated heterocycles. The Morgan fingerprint density at radius 1 is 1.09 bits per heavy atom. The molecule has 0 bridgehead atoms. The molecular weight excluding hydrogens is 447 g/mol. The number of carbonyl (C=O) groups is 1. The van der Waals surface area contributed by atoms with Crippen LogP contribution in [0.1, 0.15) is 44.7 Å². The lowest BCUT2D eigenvalue weighted by Gasteiger charge is -2.28. The van der Waals surface area contributed by atoms with Gasteiger partial charge in [0.1, 0.15) is 12.3 Å². The minimum Gasteiger partial charge on any atom is -0.505 e. The van der Waals surface area contributed by atoms with Crippen LogP contribution in [0, 0.1) is 17.7 Å². The lowest BCUT2D eigenvalue weighted by atomic mass is 9.82. The van der Waals surface area contributed by atoms with E-state index in [4.69, 9.17) is 14.9 Å². The first kappa shape index (κ1) is 24.9. The highest BCUT2D eigenvalue weighted by Crippen LogP contribution is 2.39. The molecule has 0 spiro atoms. The highest BCUT2D eigenvalue weighted by Gasteiger charge is 2.27. The van der Waals surface area contributed by atoms with E-state index in [0.29, 0.717) is 24.0 Å². The number of phenols is 1. The van der Waals surface area contributed by atoms with Crippen molar-refractivity contribution in [2.45, 2.75) is 52.0 Å². The summed E-state index contributed by atoms with van der Waals surface area (Å²) in [4.78, 5) is 10.7. The fraction of sp³-hybridized carbons (Fsp3) is 0.429. The molecule has 2 N–H and O–H groups in total. The first-order chi connectivity index (χ1) is 17.0. The number of phenolic OH excluding ortho intramolecular Hbond substituents is 1. The maximum atomic E-state index is 15.1. The lowest BCUT2D eigenvalue weighted by molar-refractivity contribution is -0.142. The first-order valence-corrected chi connectivity index (χ1v) is 12.4. The Labute approximate surface area is 205 Å². The van der Waals surface area contributed by atoms with Gasteiger partial charge in [0.05, 0.1) is 6.61 Å². The molecule has 0 unspecified atom stereocenters. The van der Waals surface area contributed by atoms with Gasteiger partial charge in [-0.2, -0.15) is 5.10 Å². The minimum absolute atomic E-state index is 0.246. The van der Waals surface area contributed by atoms with E-state index in [1.807, 2.05) is 30.3 Å². The Bertz CT molecular complexity index is 1140. The highest BCUT2D eigenvalue weighted by molar-refractivity contribution is 5.83. The molecule has 3 aromatic rings. The second-order valence-electron chi connectivity index (χ2n) is 9.40. The van der Waals surface area contributed by atoms with E-state index < -0.39 is 11.8 Å². The van der Waals surface area contributed by atoms with Crippen LogP contribution in [0.15, 0.2) is 48.5 Å². The van der Waals surface area contributed by atoms with E-state index >= 15 is 4.39 Å². The van der Waals surface area contributed by atoms with Crippen LogP contribution in [-0.4, -0.2) is 39.2 Å². The molecule has 0 radical (unpaired) electrons. The molecule has 6 nitrogen and oxygen atoms in total. The molecule has 35 heavy (non-hydrogen) atoms. The number of nitrogens with zero attached hydrogens (tertiary/aromatic N) is 2. The fourth-order valence-electron chi connectivity index (χ4n) is 5.07. The van der Waals surface area contributed by atoms with Gasteiger partial charge in [-0.1, -0.05) is 55.8 Å². The molecule has 1 aromatic heterocycles. The minimum atomic E-state index is -0.936. The van der Waals surface area contributed by atoms with E-state index in [9.17, 15) is 9.90 Å². The van der Waals surface area contributed by atoms with Crippen molar-refractivity contribution >= 4 is 5.97 Å². The Morgan fingerprint density at radius 3 is 2.49 bits per heavy atom. The molecule has 186 valence electrons. The summed E-state index contributed by atoms with van der Waals surface area (Å²) >= 11 is 0. The Morgan fingerprint density at radius 2 is 1.80 bits per heavy atom. The summed E-state index contributed by atoms with van der Waals surface area (Å²) in [6, 6.07) is 14.6. The quantitative estimate of drug-likeness (QED) is 0.376. The van der Waals surface area contributed by atoms with Gasteiger partial charge in [-0.25, -0.2) is 9.18 Å². The van der Waals surface area contributed by atoms with Gasteiger partial charge >= 0.3 is 5.97 Å². The van der Waals surface area contributed by atoms with Gasteiger partial charge in [-0.05, 0) is 50.0 Å². The van der Waals surface area contributed by atoms with Crippen LogP contribution in [-0.2, 0) is 22.5 Å². The van der Waals surface area contributed by atoms with Crippen LogP contribution in [0.5, 0.6) is 5.75 Å². The molecule has 0 aliphatic heterocycles. The van der Waals surface area contributed by atoms with Crippen LogP contribution in [0.3, 0.4) is 0 Å². The van der Waals surface area contributed by atoms with Gasteiger partial charge < -0.3 is 14.9 Å². The summed E-state index contributed by atoms with van der Waals surface area (Å²) in [5.74, 6) is -1.10. The predicted molar refractivity (Wildman–Crippen MR) is 133 cm³/mol. The fourth-order valence-corrected chi connectivity index (χ4v) is 5.07. The van der Waals surface area contributed by atoms with Crippen LogP contribution < -0.4 is 0 Å². The van der Waals surface area contributed by atoms with E-state index in [0.717, 1.165) is 67.6 Å². The monoisotopic (exact) mass is 480 g/mol. The number of aromatic hydroxyl groups is 1. The van der Waals surface area contributed by atoms with E-state index in [1.54, 1.807) is 12.1 Å². The van der Waals surface area contributed by atoms with Crippen molar-refractivity contribution < 1.29 is 24.1 Å². The predicted octanol–water partition coefficient (Wildman–Crippen LogP) is 5.92. The number of halogens is 1. The zero-order valence-electron chi connectivity index (χ0n) is 20.1. The summed E-state index contributed by atoms with van der Waals surface area (Å²) < 4.78 is 22.5. The third-order valence-electron chi connectivity index (χ3n) is 6.82. The SMILES string of the molecule is CCCc1c(-c2cccc(O)c2F)c(-c2ccccc2)nn1C[C@H]1CC[C@H](COCC(=O)O)CC1. The van der Waals surface area contributed by atoms with Crippen molar-refractivity contribution in [1.82, 2.24) is 9.78 Å². The van der Waals surface area contributed by atoms with Gasteiger partial charge in [-0.3, -0.25) is 4.68 Å². The molecule has 1 fully saturated rings. The van der Waals surface area contributed by atoms with Crippen LogP contribution in [0.4, 0.5) is 4.39 Å². The third-order valence-corrected chi connectivity index (χ3v) is 6.82. The van der Waals surface area contributed by atoms with Gasteiger partial charge in [0, 0.05) is 28.9 Å². The average Bonchev–Trinajstić information content (AvgIpc) is 3.20. The van der Waals surface area contributed by atoms with Gasteiger partial charge in [0.25, 0.3) is 0 Å². The number of ether oxygens (including phenoxy) is 1. The van der Waals surface area contributed by atoms with Crippen LogP contribution >= 0.6 is 0 Å². The molecule has 4 rings (SSSR count). The van der Waals surface area contributed by atoms with Crippen molar-refractivity contribution in [3.63, 3.8) is 0 Å². The second-order valence-corrected chi connectivity index (χ2v) is 9.40. The van der Waals surface area contributed by atoms with Gasteiger partial charge in [0.2, 0.25) is 0 Å². The maximum Gasteiger partial charge on any atom is 0.329 e. The topological polar surface area (TPSA) is 84.6 Å². The summed E-state index contributed by atoms with van der Waals surface area (Å²) in [7, 11) is 0. The number of rotatable bonds is 10. The number of aromatic nitrogens is 2. The summed E-state index contributed by atoms with van der Waals surface area (Å²) in [5.41, 5.74) is 3.76. The van der Waals surface area contributed by atoms with E-state index in [-0.39, 0.29) is 12.4 Å². The molecule has 1 saturated carbocycles. The number of aliphatic carboxylic acids is 1. The number of carboxylic acids is 1. The average molecular weight is 481 g/mol. The van der Waals surface area contributed by atoms with Crippen molar-refractivity contribution in [2.75, 3.05) is 13.2 Å². The highest BCUT2D eigenvalue weighted by atomic mass is 19.1. The largest absolute Gasteiger partial charge is 0.505 e. The second kappa shape index (κ2) is 11.5. The van der Waals surface area contributed by atoms with Crippen molar-refractivity contribution in [3.8, 4) is 28.1 Å². The standard InChI is InChI=1S/C28H33FN2O4/c1-2-7-23-26(22-10-6-11-24(32)27(22)29)28(21-8-4-3-5-9-21)30-31(23)16-19-12-14-20(15-13-19)17-35-18-25(33)34/h3-6,8-11,19-20,32H,2,7,12-18H2,1H3,(H,33,34)/t19-,20-. The normalized spacial score (nSPS) is 18.0. The molecule has 1 heterocycles. The number of benzene rings is 2. The Kier molecular flexibility index (Phi) is 8.18. The van der Waals surface area contributed by atoms with E-state index in [1.165, 1.54) is 6.07 Å². The summed E-state index contributed by atoms with van der Waals surface area (Å²) in [6.45, 7) is 3.09. The van der Waals surface area contributed by atoms with Gasteiger partial charge in [0.15, 0.2) is 11.6 Å². The summed E-state index contributed by atoms with van der Waals surface area (Å²) in [5, 5.41) is 23.9. The Balaban J connectivity index is 1.62. The third kappa shape index (κ3) is 5.90. The maximum absolute atomic E-state index is 15.1. The first-order valence-electron chi connectivity index (χ1n) is 12.4. The molecule has 0 amide bonds. The summed E-state index contributed by atoms with van der Waals surface area (Å²) in [6.07, 6.45) is 5.66. The zero-order chi connectivity index (χ0) is 24.8. The molecular formula is C28H33FN2O4. The molecule has 1 aliphatic rings. The Hall–Kier alpha value is -3.19. The zero-order valence-corrected chi connectivity index (χ0v) is 20.1. The van der Waals surface area contributed by atoms with Crippen molar-refractivity contribution in [2.24, 2.45) is 11.8 Å². The number of hydrogen-bond donors (Lipinski definition) is 2. The molecule has 7 heteroatoms. The number of carboxylic acid groups (broad SMARTS) is 1. The van der Waals surface area contributed by atoms with Crippen molar-refractivity contribution in [3.05, 3.63) is 60.0 Å².